The number of aromatic nitrogens is 4. The van der Waals surface area contributed by atoms with Crippen LogP contribution in [0, 0.1) is 0 Å². The number of halogens is 3. The molecule has 0 amide bonds. The van der Waals surface area contributed by atoms with Gasteiger partial charge in [0.1, 0.15) is 5.69 Å². The van der Waals surface area contributed by atoms with Crippen LogP contribution in [0.15, 0.2) is 30.6 Å². The molecule has 0 unspecified atom stereocenters. The van der Waals surface area contributed by atoms with Gasteiger partial charge in [0.15, 0.2) is 5.82 Å². The molecule has 0 radical (unpaired) electrons. The van der Waals surface area contributed by atoms with Gasteiger partial charge in [-0.3, -0.25) is 0 Å². The number of hydrogen-bond acceptors (Lipinski definition) is 3. The van der Waals surface area contributed by atoms with Gasteiger partial charge in [0.2, 0.25) is 0 Å². The molecule has 0 N–H and O–H groups in total. The van der Waals surface area contributed by atoms with Gasteiger partial charge in [-0.1, -0.05) is 11.3 Å². The molecule has 0 bridgehead atoms. The Kier molecular flexibility index (Phi) is 2.14. The molecular weight excluding hydrogens is 209 g/mol. The fourth-order valence-electron chi connectivity index (χ4n) is 1.04. The van der Waals surface area contributed by atoms with Crippen molar-refractivity contribution in [3.63, 3.8) is 0 Å². The summed E-state index contributed by atoms with van der Waals surface area (Å²) in [5.74, 6) is 0.0855. The lowest BCUT2D eigenvalue weighted by Gasteiger charge is -2.06. The minimum atomic E-state index is -4.45. The number of pyridine rings is 1. The second-order valence-corrected chi connectivity index (χ2v) is 2.73. The van der Waals surface area contributed by atoms with Crippen molar-refractivity contribution in [3.05, 3.63) is 36.3 Å². The van der Waals surface area contributed by atoms with Gasteiger partial charge in [0, 0.05) is 0 Å². The second kappa shape index (κ2) is 3.34. The number of rotatable bonds is 1. The highest BCUT2D eigenvalue weighted by molar-refractivity contribution is 5.24. The summed E-state index contributed by atoms with van der Waals surface area (Å²) in [6, 6.07) is 3.59. The Morgan fingerprint density at radius 3 is 2.60 bits per heavy atom. The quantitative estimate of drug-likeness (QED) is 0.725. The first-order valence-corrected chi connectivity index (χ1v) is 3.98. The van der Waals surface area contributed by atoms with E-state index in [1.54, 1.807) is 0 Å². The van der Waals surface area contributed by atoms with E-state index in [0.29, 0.717) is 0 Å². The summed E-state index contributed by atoms with van der Waals surface area (Å²) in [6.07, 6.45) is -1.67. The van der Waals surface area contributed by atoms with E-state index in [1.807, 2.05) is 0 Å². The normalized spacial score (nSPS) is 11.7. The summed E-state index contributed by atoms with van der Waals surface area (Å²) in [4.78, 5) is 3.42. The van der Waals surface area contributed by atoms with Gasteiger partial charge in [0.05, 0.1) is 12.4 Å². The summed E-state index contributed by atoms with van der Waals surface area (Å²) in [5.41, 5.74) is -0.949. The first-order chi connectivity index (χ1) is 7.07. The summed E-state index contributed by atoms with van der Waals surface area (Å²) in [5, 5.41) is 7.03. The monoisotopic (exact) mass is 214 g/mol. The van der Waals surface area contributed by atoms with Crippen LogP contribution in [0.25, 0.3) is 5.82 Å². The van der Waals surface area contributed by atoms with Gasteiger partial charge >= 0.3 is 6.18 Å². The van der Waals surface area contributed by atoms with E-state index in [4.69, 9.17) is 0 Å². The molecule has 0 aliphatic carbocycles. The predicted molar refractivity (Wildman–Crippen MR) is 44.2 cm³/mol. The maximum absolute atomic E-state index is 12.3. The first-order valence-electron chi connectivity index (χ1n) is 3.98. The maximum Gasteiger partial charge on any atom is 0.433 e. The van der Waals surface area contributed by atoms with Gasteiger partial charge in [-0.15, -0.1) is 5.10 Å². The fraction of sp³-hybridized carbons (Fsp3) is 0.125. The predicted octanol–water partition coefficient (Wildman–Crippen LogP) is 1.68. The Hall–Kier alpha value is -1.92. The molecule has 0 spiro atoms. The molecule has 0 fully saturated rings. The van der Waals surface area contributed by atoms with Gasteiger partial charge in [-0.2, -0.15) is 13.2 Å². The van der Waals surface area contributed by atoms with Crippen molar-refractivity contribution in [2.24, 2.45) is 0 Å². The van der Waals surface area contributed by atoms with Crippen LogP contribution in [-0.4, -0.2) is 20.0 Å². The molecule has 0 atom stereocenters. The van der Waals surface area contributed by atoms with E-state index >= 15 is 0 Å². The highest BCUT2D eigenvalue weighted by Crippen LogP contribution is 2.27. The van der Waals surface area contributed by atoms with Crippen molar-refractivity contribution in [2.75, 3.05) is 0 Å². The average Bonchev–Trinajstić information content (AvgIpc) is 2.69. The molecule has 4 nitrogen and oxygen atoms in total. The molecule has 0 saturated carbocycles. The zero-order chi connectivity index (χ0) is 10.9. The van der Waals surface area contributed by atoms with E-state index in [9.17, 15) is 13.2 Å². The Balaban J connectivity index is 2.44. The molecular formula is C8H5F3N4. The maximum atomic E-state index is 12.3. The van der Waals surface area contributed by atoms with Crippen LogP contribution in [0.5, 0.6) is 0 Å². The van der Waals surface area contributed by atoms with Gasteiger partial charge in [-0.05, 0) is 12.1 Å². The summed E-state index contributed by atoms with van der Waals surface area (Å²) >= 11 is 0. The van der Waals surface area contributed by atoms with E-state index < -0.39 is 11.9 Å². The molecule has 2 rings (SSSR count). The van der Waals surface area contributed by atoms with E-state index in [1.165, 1.54) is 24.5 Å². The van der Waals surface area contributed by atoms with E-state index in [2.05, 4.69) is 15.3 Å². The molecule has 2 aromatic heterocycles. The van der Waals surface area contributed by atoms with Crippen LogP contribution in [0.3, 0.4) is 0 Å². The van der Waals surface area contributed by atoms with Crippen LogP contribution in [0.2, 0.25) is 0 Å². The summed E-state index contributed by atoms with van der Waals surface area (Å²) in [6.45, 7) is 0. The largest absolute Gasteiger partial charge is 0.433 e. The van der Waals surface area contributed by atoms with Crippen LogP contribution < -0.4 is 0 Å². The van der Waals surface area contributed by atoms with Gasteiger partial charge in [-0.25, -0.2) is 9.67 Å². The topological polar surface area (TPSA) is 43.6 Å². The molecule has 0 aliphatic heterocycles. The lowest BCUT2D eigenvalue weighted by atomic mass is 10.3. The third kappa shape index (κ3) is 1.95. The van der Waals surface area contributed by atoms with Crippen molar-refractivity contribution in [1.82, 2.24) is 20.0 Å². The Morgan fingerprint density at radius 2 is 2.00 bits per heavy atom. The average molecular weight is 214 g/mol. The molecule has 0 aliphatic rings. The van der Waals surface area contributed by atoms with Crippen molar-refractivity contribution in [2.45, 2.75) is 6.18 Å². The van der Waals surface area contributed by atoms with Crippen LogP contribution in [0.1, 0.15) is 5.69 Å². The molecule has 0 saturated heterocycles. The lowest BCUT2D eigenvalue weighted by molar-refractivity contribution is -0.141. The molecule has 15 heavy (non-hydrogen) atoms. The minimum absolute atomic E-state index is 0.0855. The lowest BCUT2D eigenvalue weighted by Crippen LogP contribution is -2.10. The van der Waals surface area contributed by atoms with Gasteiger partial charge < -0.3 is 0 Å². The third-order valence-corrected chi connectivity index (χ3v) is 1.68. The second-order valence-electron chi connectivity index (χ2n) is 2.73. The first kappa shape index (κ1) is 9.63. The molecule has 78 valence electrons. The number of hydrogen-bond donors (Lipinski definition) is 0. The van der Waals surface area contributed by atoms with E-state index in [-0.39, 0.29) is 5.82 Å². The zero-order valence-corrected chi connectivity index (χ0v) is 7.31. The Labute approximate surface area is 82.4 Å². The van der Waals surface area contributed by atoms with Crippen molar-refractivity contribution in [3.8, 4) is 5.82 Å². The van der Waals surface area contributed by atoms with Crippen molar-refractivity contribution >= 4 is 0 Å². The highest BCUT2D eigenvalue weighted by Gasteiger charge is 2.32. The molecule has 7 heteroatoms. The zero-order valence-electron chi connectivity index (χ0n) is 7.31. The summed E-state index contributed by atoms with van der Waals surface area (Å²) < 4.78 is 38.1. The van der Waals surface area contributed by atoms with Crippen LogP contribution in [0.4, 0.5) is 13.2 Å². The smallest absolute Gasteiger partial charge is 0.224 e. The van der Waals surface area contributed by atoms with Gasteiger partial charge in [0.25, 0.3) is 0 Å². The number of alkyl halides is 3. The standard InChI is InChI=1S/C8H5F3N4/c9-8(10,11)6-2-1-3-7(13-6)15-5-4-12-14-15/h1-5H. The molecule has 0 aromatic carbocycles. The molecule has 2 heterocycles. The van der Waals surface area contributed by atoms with Crippen LogP contribution in [-0.2, 0) is 6.18 Å². The fourth-order valence-corrected chi connectivity index (χ4v) is 1.04. The van der Waals surface area contributed by atoms with Crippen LogP contribution >= 0.6 is 0 Å². The molecule has 2 aromatic rings. The van der Waals surface area contributed by atoms with E-state index in [0.717, 1.165) is 10.7 Å². The third-order valence-electron chi connectivity index (χ3n) is 1.68. The SMILES string of the molecule is FC(F)(F)c1cccc(-n2ccnn2)n1. The minimum Gasteiger partial charge on any atom is -0.224 e. The Morgan fingerprint density at radius 1 is 1.20 bits per heavy atom. The van der Waals surface area contributed by atoms with Crippen molar-refractivity contribution in [1.29, 1.82) is 0 Å². The highest BCUT2D eigenvalue weighted by atomic mass is 19.4. The van der Waals surface area contributed by atoms with Crippen molar-refractivity contribution < 1.29 is 13.2 Å². The summed E-state index contributed by atoms with van der Waals surface area (Å²) in [7, 11) is 0. The Bertz CT molecular complexity index is 449. The number of nitrogens with zero attached hydrogens (tertiary/aromatic N) is 4.